The van der Waals surface area contributed by atoms with Crippen LogP contribution in [0.15, 0.2) is 0 Å². The first kappa shape index (κ1) is 8.16. The molecular formula is C4H9NO4. The van der Waals surface area contributed by atoms with Crippen LogP contribution in [-0.2, 0) is 9.57 Å². The summed E-state index contributed by atoms with van der Waals surface area (Å²) in [6, 6.07) is 0. The van der Waals surface area contributed by atoms with Gasteiger partial charge in [-0.25, -0.2) is 0 Å². The number of ether oxygens (including phenoxy) is 1. The van der Waals surface area contributed by atoms with Crippen LogP contribution in [0.2, 0.25) is 0 Å². The van der Waals surface area contributed by atoms with Crippen molar-refractivity contribution in [2.24, 2.45) is 0 Å². The number of nitrogens with zero attached hydrogens (tertiary/aromatic N) is 1. The van der Waals surface area contributed by atoms with Crippen molar-refractivity contribution in [2.45, 2.75) is 6.42 Å². The zero-order chi connectivity index (χ0) is 7.11. The van der Waals surface area contributed by atoms with Crippen molar-refractivity contribution in [3.05, 3.63) is 10.1 Å². The standard InChI is InChI=1S/C4H9NO4/c1-8-3-2-4-9-5(6)7/h2-4H2,1H3. The van der Waals surface area contributed by atoms with Crippen molar-refractivity contribution in [1.82, 2.24) is 0 Å². The van der Waals surface area contributed by atoms with Gasteiger partial charge in [-0.3, -0.25) is 0 Å². The minimum Gasteiger partial charge on any atom is -0.385 e. The molecule has 9 heavy (non-hydrogen) atoms. The Morgan fingerprint density at radius 2 is 2.22 bits per heavy atom. The fraction of sp³-hybridized carbons (Fsp3) is 1.00. The third-order valence-electron chi connectivity index (χ3n) is 0.689. The van der Waals surface area contributed by atoms with Gasteiger partial charge in [0.05, 0.1) is 6.61 Å². The lowest BCUT2D eigenvalue weighted by Gasteiger charge is -1.95. The summed E-state index contributed by atoms with van der Waals surface area (Å²) in [4.78, 5) is 13.5. The average molecular weight is 135 g/mol. The van der Waals surface area contributed by atoms with Gasteiger partial charge in [0.1, 0.15) is 0 Å². The van der Waals surface area contributed by atoms with E-state index >= 15 is 0 Å². The Bertz CT molecular complexity index is 84.6. The smallest absolute Gasteiger partial charge is 0.294 e. The molecule has 0 fully saturated rings. The van der Waals surface area contributed by atoms with Crippen LogP contribution in [-0.4, -0.2) is 25.4 Å². The maximum Gasteiger partial charge on any atom is 0.294 e. The Morgan fingerprint density at radius 1 is 1.56 bits per heavy atom. The van der Waals surface area contributed by atoms with Gasteiger partial charge in [0.25, 0.3) is 5.09 Å². The first-order valence-electron chi connectivity index (χ1n) is 2.53. The topological polar surface area (TPSA) is 61.6 Å². The summed E-state index contributed by atoms with van der Waals surface area (Å²) in [5.74, 6) is 0. The van der Waals surface area contributed by atoms with Gasteiger partial charge in [-0.05, 0) is 6.42 Å². The molecule has 0 spiro atoms. The van der Waals surface area contributed by atoms with E-state index < -0.39 is 5.09 Å². The van der Waals surface area contributed by atoms with E-state index in [1.165, 1.54) is 7.11 Å². The monoisotopic (exact) mass is 135 g/mol. The van der Waals surface area contributed by atoms with Gasteiger partial charge in [0, 0.05) is 13.7 Å². The van der Waals surface area contributed by atoms with E-state index in [1.807, 2.05) is 0 Å². The molecule has 0 saturated carbocycles. The molecule has 0 aliphatic rings. The van der Waals surface area contributed by atoms with Crippen LogP contribution in [0.25, 0.3) is 0 Å². The van der Waals surface area contributed by atoms with Gasteiger partial charge in [-0.15, -0.1) is 10.1 Å². The molecule has 0 atom stereocenters. The highest BCUT2D eigenvalue weighted by Gasteiger charge is 1.91. The molecule has 0 N–H and O–H groups in total. The van der Waals surface area contributed by atoms with Crippen molar-refractivity contribution in [2.75, 3.05) is 20.3 Å². The Balaban J connectivity index is 2.83. The van der Waals surface area contributed by atoms with Crippen molar-refractivity contribution < 1.29 is 14.7 Å². The summed E-state index contributed by atoms with van der Waals surface area (Å²) >= 11 is 0. The zero-order valence-corrected chi connectivity index (χ0v) is 5.20. The zero-order valence-electron chi connectivity index (χ0n) is 5.20. The van der Waals surface area contributed by atoms with E-state index in [2.05, 4.69) is 9.57 Å². The summed E-state index contributed by atoms with van der Waals surface area (Å²) in [7, 11) is 1.53. The van der Waals surface area contributed by atoms with Gasteiger partial charge in [0.2, 0.25) is 0 Å². The molecule has 0 saturated heterocycles. The molecule has 0 aromatic carbocycles. The van der Waals surface area contributed by atoms with Gasteiger partial charge >= 0.3 is 0 Å². The summed E-state index contributed by atoms with van der Waals surface area (Å²) in [6.45, 7) is 0.606. The van der Waals surface area contributed by atoms with Crippen molar-refractivity contribution in [3.8, 4) is 0 Å². The summed E-state index contributed by atoms with van der Waals surface area (Å²) in [6.07, 6.45) is 0.553. The largest absolute Gasteiger partial charge is 0.385 e. The number of hydrogen-bond donors (Lipinski definition) is 0. The minimum atomic E-state index is -0.810. The van der Waals surface area contributed by atoms with Crippen molar-refractivity contribution in [1.29, 1.82) is 0 Å². The van der Waals surface area contributed by atoms with Gasteiger partial charge in [0.15, 0.2) is 0 Å². The molecule has 0 aromatic heterocycles. The van der Waals surface area contributed by atoms with Gasteiger partial charge in [-0.2, -0.15) is 0 Å². The van der Waals surface area contributed by atoms with Crippen LogP contribution in [0.1, 0.15) is 6.42 Å². The Kier molecular flexibility index (Phi) is 4.81. The predicted molar refractivity (Wildman–Crippen MR) is 29.4 cm³/mol. The minimum absolute atomic E-state index is 0.112. The first-order chi connectivity index (χ1) is 4.27. The highest BCUT2D eigenvalue weighted by atomic mass is 16.9. The Labute approximate surface area is 52.7 Å². The molecular weight excluding hydrogens is 126 g/mol. The summed E-state index contributed by atoms with van der Waals surface area (Å²) in [5, 5.41) is 8.70. The molecule has 0 radical (unpaired) electrons. The normalized spacial score (nSPS) is 9.00. The first-order valence-corrected chi connectivity index (χ1v) is 2.53. The van der Waals surface area contributed by atoms with Crippen LogP contribution >= 0.6 is 0 Å². The third kappa shape index (κ3) is 7.16. The second-order valence-electron chi connectivity index (χ2n) is 1.40. The second-order valence-corrected chi connectivity index (χ2v) is 1.40. The molecule has 0 aliphatic heterocycles. The predicted octanol–water partition coefficient (Wildman–Crippen LogP) is 0.231. The molecule has 5 nitrogen and oxygen atoms in total. The summed E-state index contributed by atoms with van der Waals surface area (Å²) < 4.78 is 4.62. The lowest BCUT2D eigenvalue weighted by atomic mass is 10.5. The molecule has 0 aromatic rings. The van der Waals surface area contributed by atoms with Gasteiger partial charge < -0.3 is 9.57 Å². The van der Waals surface area contributed by atoms with Gasteiger partial charge in [-0.1, -0.05) is 0 Å². The molecule has 0 unspecified atom stereocenters. The fourth-order valence-electron chi connectivity index (χ4n) is 0.342. The molecule has 0 rings (SSSR count). The molecule has 0 heterocycles. The van der Waals surface area contributed by atoms with E-state index in [0.29, 0.717) is 13.0 Å². The second kappa shape index (κ2) is 5.30. The van der Waals surface area contributed by atoms with Crippen LogP contribution in [0.4, 0.5) is 0 Å². The fourth-order valence-corrected chi connectivity index (χ4v) is 0.342. The van der Waals surface area contributed by atoms with Crippen LogP contribution in [0.5, 0.6) is 0 Å². The van der Waals surface area contributed by atoms with Crippen molar-refractivity contribution in [3.63, 3.8) is 0 Å². The quantitative estimate of drug-likeness (QED) is 0.307. The molecule has 0 amide bonds. The SMILES string of the molecule is COCCCO[N+](=O)[O-]. The van der Waals surface area contributed by atoms with E-state index in [9.17, 15) is 10.1 Å². The van der Waals surface area contributed by atoms with Crippen LogP contribution in [0, 0.1) is 10.1 Å². The number of methoxy groups -OCH3 is 1. The summed E-state index contributed by atoms with van der Waals surface area (Å²) in [5.41, 5.74) is 0. The average Bonchev–Trinajstić information content (AvgIpc) is 1.80. The number of hydrogen-bond acceptors (Lipinski definition) is 4. The third-order valence-corrected chi connectivity index (χ3v) is 0.689. The maximum atomic E-state index is 9.50. The maximum absolute atomic E-state index is 9.50. The van der Waals surface area contributed by atoms with Crippen LogP contribution in [0.3, 0.4) is 0 Å². The van der Waals surface area contributed by atoms with Crippen molar-refractivity contribution >= 4 is 0 Å². The Morgan fingerprint density at radius 3 is 2.67 bits per heavy atom. The highest BCUT2D eigenvalue weighted by molar-refractivity contribution is 4.27. The highest BCUT2D eigenvalue weighted by Crippen LogP contribution is 1.82. The molecule has 0 bridgehead atoms. The van der Waals surface area contributed by atoms with E-state index in [0.717, 1.165) is 0 Å². The molecule has 5 heteroatoms. The van der Waals surface area contributed by atoms with E-state index in [4.69, 9.17) is 0 Å². The lowest BCUT2D eigenvalue weighted by molar-refractivity contribution is -0.757. The van der Waals surface area contributed by atoms with E-state index in [-0.39, 0.29) is 6.61 Å². The Hall–Kier alpha value is -0.840. The number of rotatable bonds is 5. The molecule has 54 valence electrons. The van der Waals surface area contributed by atoms with E-state index in [1.54, 1.807) is 0 Å². The van der Waals surface area contributed by atoms with Crippen LogP contribution < -0.4 is 0 Å². The lowest BCUT2D eigenvalue weighted by Crippen LogP contribution is -2.04. The molecule has 0 aliphatic carbocycles.